The Balaban J connectivity index is 1.38. The van der Waals surface area contributed by atoms with Gasteiger partial charge in [-0.1, -0.05) is 60.7 Å². The summed E-state index contributed by atoms with van der Waals surface area (Å²) < 4.78 is 0. The molecule has 7 nitrogen and oxygen atoms in total. The van der Waals surface area contributed by atoms with Crippen molar-refractivity contribution in [2.75, 3.05) is 13.1 Å². The number of amides is 4. The lowest BCUT2D eigenvalue weighted by Crippen LogP contribution is -2.52. The van der Waals surface area contributed by atoms with Gasteiger partial charge >= 0.3 is 6.03 Å². The number of carbonyl (C=O) groups excluding carboxylic acids is 3. The number of nitrogens with one attached hydrogen (secondary N) is 2. The lowest BCUT2D eigenvalue weighted by atomic mass is 9.83. The highest BCUT2D eigenvalue weighted by Crippen LogP contribution is 2.36. The molecule has 8 heteroatoms. The highest BCUT2D eigenvalue weighted by Gasteiger charge is 2.54. The Labute approximate surface area is 196 Å². The molecule has 1 atom stereocenters. The van der Waals surface area contributed by atoms with E-state index < -0.39 is 23.4 Å². The van der Waals surface area contributed by atoms with Gasteiger partial charge in [0.15, 0.2) is 5.54 Å². The van der Waals surface area contributed by atoms with Crippen molar-refractivity contribution in [3.05, 3.63) is 93.7 Å². The molecule has 1 saturated heterocycles. The normalized spacial score (nSPS) is 19.8. The number of rotatable bonds is 5. The number of imide groups is 1. The first-order valence-electron chi connectivity index (χ1n) is 10.9. The van der Waals surface area contributed by atoms with E-state index >= 15 is 0 Å². The van der Waals surface area contributed by atoms with Crippen LogP contribution in [-0.2, 0) is 21.5 Å². The smallest absolute Gasteiger partial charge is 0.314 e. The van der Waals surface area contributed by atoms with Crippen molar-refractivity contribution in [3.8, 4) is 0 Å². The number of hydrogen-bond donors (Lipinski definition) is 2. The standard InChI is InChI=1S/C25H24N4O3S/c1-17-20-13-15-33-21(20)12-14-28(17)16-22(30)27-29-23(31)25(26-24(29)32,18-8-4-2-5-9-18)19-10-6-3-7-11-19/h2-11,13,15,17H,12,14,16H2,1H3,(H,26,32)(H,27,30). The molecular weight excluding hydrogens is 436 g/mol. The SMILES string of the molecule is CC1c2ccsc2CCN1CC(=O)NN1C(=O)NC(c2ccccc2)(c2ccccc2)C1=O. The van der Waals surface area contributed by atoms with Crippen molar-refractivity contribution in [1.29, 1.82) is 0 Å². The van der Waals surface area contributed by atoms with Gasteiger partial charge in [0.2, 0.25) is 0 Å². The van der Waals surface area contributed by atoms with Crippen molar-refractivity contribution in [2.24, 2.45) is 0 Å². The highest BCUT2D eigenvalue weighted by molar-refractivity contribution is 7.10. The van der Waals surface area contributed by atoms with E-state index in [0.717, 1.165) is 18.0 Å². The molecule has 1 fully saturated rings. The van der Waals surface area contributed by atoms with Crippen molar-refractivity contribution >= 4 is 29.2 Å². The highest BCUT2D eigenvalue weighted by atomic mass is 32.1. The van der Waals surface area contributed by atoms with E-state index in [1.54, 1.807) is 35.6 Å². The third-order valence-corrected chi connectivity index (χ3v) is 7.42. The maximum Gasteiger partial charge on any atom is 0.344 e. The van der Waals surface area contributed by atoms with Gasteiger partial charge in [-0.25, -0.2) is 4.79 Å². The number of thiophene rings is 1. The zero-order valence-corrected chi connectivity index (χ0v) is 19.0. The molecule has 168 valence electrons. The lowest BCUT2D eigenvalue weighted by Gasteiger charge is -2.33. The fraction of sp³-hybridized carbons (Fsp3) is 0.240. The van der Waals surface area contributed by atoms with Crippen LogP contribution in [-0.4, -0.2) is 40.8 Å². The van der Waals surface area contributed by atoms with Crippen LogP contribution >= 0.6 is 11.3 Å². The first-order chi connectivity index (χ1) is 16.0. The van der Waals surface area contributed by atoms with Crippen molar-refractivity contribution in [1.82, 2.24) is 20.7 Å². The molecule has 0 bridgehead atoms. The molecular formula is C25H24N4O3S. The second-order valence-electron chi connectivity index (χ2n) is 8.28. The first-order valence-corrected chi connectivity index (χ1v) is 11.8. The summed E-state index contributed by atoms with van der Waals surface area (Å²) in [5.74, 6) is -0.939. The Morgan fingerprint density at radius 1 is 1.06 bits per heavy atom. The van der Waals surface area contributed by atoms with Crippen molar-refractivity contribution in [3.63, 3.8) is 0 Å². The minimum atomic E-state index is -1.41. The Morgan fingerprint density at radius 3 is 2.33 bits per heavy atom. The van der Waals surface area contributed by atoms with Crippen LogP contribution in [0.4, 0.5) is 4.79 Å². The Bertz CT molecular complexity index is 1160. The minimum absolute atomic E-state index is 0.0944. The van der Waals surface area contributed by atoms with Gasteiger partial charge in [-0.15, -0.1) is 11.3 Å². The van der Waals surface area contributed by atoms with E-state index in [1.165, 1.54) is 10.4 Å². The molecule has 2 aromatic carbocycles. The quantitative estimate of drug-likeness (QED) is 0.573. The summed E-state index contributed by atoms with van der Waals surface area (Å²) >= 11 is 1.74. The molecule has 5 rings (SSSR count). The fourth-order valence-corrected chi connectivity index (χ4v) is 5.65. The number of carbonyl (C=O) groups is 3. The average Bonchev–Trinajstić information content (AvgIpc) is 3.42. The van der Waals surface area contributed by atoms with E-state index in [9.17, 15) is 14.4 Å². The molecule has 2 N–H and O–H groups in total. The molecule has 1 aromatic heterocycles. The van der Waals surface area contributed by atoms with E-state index in [0.29, 0.717) is 11.1 Å². The largest absolute Gasteiger partial charge is 0.344 e. The van der Waals surface area contributed by atoms with Crippen LogP contribution in [0, 0.1) is 0 Å². The summed E-state index contributed by atoms with van der Waals surface area (Å²) in [6.07, 6.45) is 0.888. The van der Waals surface area contributed by atoms with Crippen molar-refractivity contribution < 1.29 is 14.4 Å². The summed E-state index contributed by atoms with van der Waals surface area (Å²) in [5, 5.41) is 5.72. The van der Waals surface area contributed by atoms with E-state index in [2.05, 4.69) is 34.0 Å². The van der Waals surface area contributed by atoms with Gasteiger partial charge in [0.25, 0.3) is 11.8 Å². The molecule has 3 heterocycles. The van der Waals surface area contributed by atoms with Crippen LogP contribution in [0.2, 0.25) is 0 Å². The van der Waals surface area contributed by atoms with Crippen molar-refractivity contribution in [2.45, 2.75) is 24.9 Å². The van der Waals surface area contributed by atoms with Crippen LogP contribution in [0.25, 0.3) is 0 Å². The van der Waals surface area contributed by atoms with Gasteiger partial charge in [0.1, 0.15) is 0 Å². The van der Waals surface area contributed by atoms with Crippen LogP contribution in [0.5, 0.6) is 0 Å². The van der Waals surface area contributed by atoms with Crippen LogP contribution in [0.3, 0.4) is 0 Å². The maximum atomic E-state index is 13.7. The number of benzene rings is 2. The summed E-state index contributed by atoms with van der Waals surface area (Å²) in [5.41, 5.74) is 3.64. The first kappa shape index (κ1) is 21.4. The van der Waals surface area contributed by atoms with Gasteiger partial charge in [0, 0.05) is 17.5 Å². The Hall–Kier alpha value is -3.49. The summed E-state index contributed by atoms with van der Waals surface area (Å²) in [6, 6.07) is 19.7. The van der Waals surface area contributed by atoms with Crippen LogP contribution in [0.15, 0.2) is 72.1 Å². The number of hydrazine groups is 1. The molecule has 3 aromatic rings. The predicted molar refractivity (Wildman–Crippen MR) is 125 cm³/mol. The molecule has 0 saturated carbocycles. The molecule has 0 aliphatic carbocycles. The molecule has 1 unspecified atom stereocenters. The Kier molecular flexibility index (Phi) is 5.47. The van der Waals surface area contributed by atoms with Crippen LogP contribution < -0.4 is 10.7 Å². The molecule has 0 radical (unpaired) electrons. The van der Waals surface area contributed by atoms with E-state index in [1.807, 2.05) is 36.4 Å². The lowest BCUT2D eigenvalue weighted by molar-refractivity contribution is -0.139. The predicted octanol–water partition coefficient (Wildman–Crippen LogP) is 3.19. The van der Waals surface area contributed by atoms with Gasteiger partial charge in [-0.2, -0.15) is 5.01 Å². The van der Waals surface area contributed by atoms with Gasteiger partial charge in [0.05, 0.1) is 6.54 Å². The molecule has 2 aliphatic heterocycles. The molecule has 0 spiro atoms. The fourth-order valence-electron chi connectivity index (χ4n) is 4.69. The van der Waals surface area contributed by atoms with Gasteiger partial charge < -0.3 is 5.32 Å². The summed E-state index contributed by atoms with van der Waals surface area (Å²) in [4.78, 5) is 42.9. The van der Waals surface area contributed by atoms with E-state index in [4.69, 9.17) is 0 Å². The van der Waals surface area contributed by atoms with Gasteiger partial charge in [-0.3, -0.25) is 19.9 Å². The van der Waals surface area contributed by atoms with Gasteiger partial charge in [-0.05, 0) is 41.5 Å². The number of nitrogens with zero attached hydrogens (tertiary/aromatic N) is 2. The Morgan fingerprint density at radius 2 is 1.70 bits per heavy atom. The zero-order valence-electron chi connectivity index (χ0n) is 18.2. The third-order valence-electron chi connectivity index (χ3n) is 6.42. The maximum absolute atomic E-state index is 13.7. The van der Waals surface area contributed by atoms with E-state index in [-0.39, 0.29) is 12.6 Å². The monoisotopic (exact) mass is 460 g/mol. The second kappa shape index (κ2) is 8.46. The molecule has 4 amide bonds. The second-order valence-corrected chi connectivity index (χ2v) is 9.28. The number of urea groups is 1. The molecule has 2 aliphatic rings. The average molecular weight is 461 g/mol. The third kappa shape index (κ3) is 3.61. The topological polar surface area (TPSA) is 81.8 Å². The minimum Gasteiger partial charge on any atom is -0.314 e. The van der Waals surface area contributed by atoms with Crippen LogP contribution in [0.1, 0.15) is 34.5 Å². The summed E-state index contributed by atoms with van der Waals surface area (Å²) in [6.45, 7) is 2.92. The number of fused-ring (bicyclic) bond motifs is 1. The number of hydrogen-bond acceptors (Lipinski definition) is 5. The molecule has 33 heavy (non-hydrogen) atoms. The summed E-state index contributed by atoms with van der Waals surface area (Å²) in [7, 11) is 0. The zero-order chi connectivity index (χ0) is 23.0.